The van der Waals surface area contributed by atoms with E-state index in [4.69, 9.17) is 4.42 Å². The maximum absolute atomic E-state index is 12.3. The third-order valence-electron chi connectivity index (χ3n) is 4.06. The smallest absolute Gasteiger partial charge is 0.289 e. The number of furan rings is 1. The number of nitrogens with zero attached hydrogens (tertiary/aromatic N) is 3. The normalized spacial score (nSPS) is 18.5. The molecule has 4 rings (SSSR count). The summed E-state index contributed by atoms with van der Waals surface area (Å²) in [4.78, 5) is 18.6. The number of hydrogen-bond donors (Lipinski definition) is 0. The molecule has 0 radical (unpaired) electrons. The van der Waals surface area contributed by atoms with E-state index in [1.807, 2.05) is 29.4 Å². The molecule has 3 heterocycles. The molecule has 5 nitrogen and oxygen atoms in total. The Bertz CT molecular complexity index is 776. The standard InChI is InChI=1S/C16H15N3O2/c20-16(15-6-3-9-21-15)18-8-7-12(10-18)19-11-17-13-4-1-2-5-14(13)19/h1-6,9,11-12H,7-8,10H2/t12-/m1/s1. The van der Waals surface area contributed by atoms with Crippen molar-refractivity contribution in [3.63, 3.8) is 0 Å². The molecule has 0 unspecified atom stereocenters. The van der Waals surface area contributed by atoms with Gasteiger partial charge in [0.15, 0.2) is 5.76 Å². The minimum Gasteiger partial charge on any atom is -0.459 e. The molecule has 0 N–H and O–H groups in total. The van der Waals surface area contributed by atoms with Gasteiger partial charge in [0, 0.05) is 13.1 Å². The van der Waals surface area contributed by atoms with Crippen LogP contribution in [0.3, 0.4) is 0 Å². The van der Waals surface area contributed by atoms with Crippen LogP contribution in [-0.4, -0.2) is 33.4 Å². The van der Waals surface area contributed by atoms with E-state index < -0.39 is 0 Å². The van der Waals surface area contributed by atoms with Crippen molar-refractivity contribution in [1.82, 2.24) is 14.5 Å². The van der Waals surface area contributed by atoms with E-state index in [1.165, 1.54) is 6.26 Å². The Morgan fingerprint density at radius 2 is 2.14 bits per heavy atom. The molecule has 1 aromatic carbocycles. The maximum Gasteiger partial charge on any atom is 0.289 e. The van der Waals surface area contributed by atoms with Gasteiger partial charge in [0.25, 0.3) is 5.91 Å². The molecule has 1 fully saturated rings. The molecular weight excluding hydrogens is 266 g/mol. The van der Waals surface area contributed by atoms with Crippen molar-refractivity contribution in [2.24, 2.45) is 0 Å². The first kappa shape index (κ1) is 12.2. The molecule has 0 bridgehead atoms. The van der Waals surface area contributed by atoms with Crippen LogP contribution in [-0.2, 0) is 0 Å². The third-order valence-corrected chi connectivity index (χ3v) is 4.06. The van der Waals surface area contributed by atoms with Crippen molar-refractivity contribution in [3.05, 3.63) is 54.7 Å². The van der Waals surface area contributed by atoms with Gasteiger partial charge in [-0.05, 0) is 30.7 Å². The van der Waals surface area contributed by atoms with Gasteiger partial charge in [0.1, 0.15) is 0 Å². The number of imidazole rings is 1. The van der Waals surface area contributed by atoms with Crippen LogP contribution in [0.25, 0.3) is 11.0 Å². The first-order valence-corrected chi connectivity index (χ1v) is 7.07. The van der Waals surface area contributed by atoms with Crippen LogP contribution in [0.1, 0.15) is 23.0 Å². The average Bonchev–Trinajstić information content (AvgIpc) is 3.25. The van der Waals surface area contributed by atoms with Gasteiger partial charge < -0.3 is 13.9 Å². The lowest BCUT2D eigenvalue weighted by atomic mass is 10.2. The van der Waals surface area contributed by atoms with Gasteiger partial charge in [0.2, 0.25) is 0 Å². The quantitative estimate of drug-likeness (QED) is 0.725. The van der Waals surface area contributed by atoms with E-state index in [0.717, 1.165) is 24.0 Å². The van der Waals surface area contributed by atoms with Crippen LogP contribution < -0.4 is 0 Å². The Balaban J connectivity index is 1.58. The summed E-state index contributed by atoms with van der Waals surface area (Å²) in [6.45, 7) is 1.44. The van der Waals surface area contributed by atoms with Crippen molar-refractivity contribution in [2.75, 3.05) is 13.1 Å². The first-order valence-electron chi connectivity index (χ1n) is 7.07. The summed E-state index contributed by atoms with van der Waals surface area (Å²) in [7, 11) is 0. The summed E-state index contributed by atoms with van der Waals surface area (Å²) in [5.74, 6) is 0.373. The number of rotatable bonds is 2. The highest BCUT2D eigenvalue weighted by atomic mass is 16.3. The Kier molecular flexibility index (Phi) is 2.77. The van der Waals surface area contributed by atoms with E-state index in [9.17, 15) is 4.79 Å². The molecule has 21 heavy (non-hydrogen) atoms. The molecule has 2 aromatic heterocycles. The topological polar surface area (TPSA) is 51.3 Å². The second-order valence-electron chi connectivity index (χ2n) is 5.31. The average molecular weight is 281 g/mol. The number of amides is 1. The zero-order valence-corrected chi connectivity index (χ0v) is 11.5. The van der Waals surface area contributed by atoms with E-state index >= 15 is 0 Å². The zero-order chi connectivity index (χ0) is 14.2. The second kappa shape index (κ2) is 4.77. The fraction of sp³-hybridized carbons (Fsp3) is 0.250. The molecule has 0 aliphatic carbocycles. The summed E-state index contributed by atoms with van der Waals surface area (Å²) in [5, 5.41) is 0. The number of hydrogen-bond acceptors (Lipinski definition) is 3. The van der Waals surface area contributed by atoms with Crippen molar-refractivity contribution in [2.45, 2.75) is 12.5 Å². The molecule has 1 aliphatic heterocycles. The van der Waals surface area contributed by atoms with Gasteiger partial charge in [-0.1, -0.05) is 12.1 Å². The molecule has 1 amide bonds. The molecule has 1 atom stereocenters. The van der Waals surface area contributed by atoms with Gasteiger partial charge >= 0.3 is 0 Å². The van der Waals surface area contributed by atoms with E-state index in [2.05, 4.69) is 15.6 Å². The van der Waals surface area contributed by atoms with Gasteiger partial charge in [0.05, 0.1) is 29.7 Å². The highest BCUT2D eigenvalue weighted by molar-refractivity contribution is 5.91. The Hall–Kier alpha value is -2.56. The summed E-state index contributed by atoms with van der Waals surface area (Å²) in [5.41, 5.74) is 2.11. The van der Waals surface area contributed by atoms with Crippen LogP contribution in [0.4, 0.5) is 0 Å². The molecule has 0 spiro atoms. The van der Waals surface area contributed by atoms with Crippen LogP contribution in [0.5, 0.6) is 0 Å². The van der Waals surface area contributed by atoms with Crippen molar-refractivity contribution < 1.29 is 9.21 Å². The summed E-state index contributed by atoms with van der Waals surface area (Å²) in [6.07, 6.45) is 4.34. The zero-order valence-electron chi connectivity index (χ0n) is 11.5. The Labute approximate surface area is 121 Å². The van der Waals surface area contributed by atoms with E-state index in [0.29, 0.717) is 12.3 Å². The van der Waals surface area contributed by atoms with Crippen molar-refractivity contribution >= 4 is 16.9 Å². The number of carbonyl (C=O) groups is 1. The predicted octanol–water partition coefficient (Wildman–Crippen LogP) is 2.72. The van der Waals surface area contributed by atoms with Gasteiger partial charge in [-0.2, -0.15) is 0 Å². The number of fused-ring (bicyclic) bond motifs is 1. The Morgan fingerprint density at radius 3 is 3.00 bits per heavy atom. The van der Waals surface area contributed by atoms with E-state index in [-0.39, 0.29) is 11.9 Å². The molecule has 3 aromatic rings. The molecule has 1 aliphatic rings. The molecule has 5 heteroatoms. The SMILES string of the molecule is O=C(c1ccco1)N1CC[C@@H](n2cnc3ccccc32)C1. The Morgan fingerprint density at radius 1 is 1.24 bits per heavy atom. The van der Waals surface area contributed by atoms with Gasteiger partial charge in [-0.3, -0.25) is 4.79 Å². The number of aromatic nitrogens is 2. The fourth-order valence-electron chi connectivity index (χ4n) is 2.98. The lowest BCUT2D eigenvalue weighted by Crippen LogP contribution is -2.28. The van der Waals surface area contributed by atoms with Gasteiger partial charge in [-0.25, -0.2) is 4.98 Å². The molecule has 106 valence electrons. The molecule has 0 saturated carbocycles. The molecular formula is C16H15N3O2. The fourth-order valence-corrected chi connectivity index (χ4v) is 2.98. The highest BCUT2D eigenvalue weighted by Crippen LogP contribution is 2.26. The van der Waals surface area contributed by atoms with Crippen LogP contribution in [0.2, 0.25) is 0 Å². The van der Waals surface area contributed by atoms with Crippen LogP contribution >= 0.6 is 0 Å². The number of para-hydroxylation sites is 2. The predicted molar refractivity (Wildman–Crippen MR) is 78.0 cm³/mol. The monoisotopic (exact) mass is 281 g/mol. The summed E-state index contributed by atoms with van der Waals surface area (Å²) >= 11 is 0. The second-order valence-corrected chi connectivity index (χ2v) is 5.31. The maximum atomic E-state index is 12.3. The van der Waals surface area contributed by atoms with Crippen molar-refractivity contribution in [3.8, 4) is 0 Å². The number of carbonyl (C=O) groups excluding carboxylic acids is 1. The van der Waals surface area contributed by atoms with Crippen molar-refractivity contribution in [1.29, 1.82) is 0 Å². The lowest BCUT2D eigenvalue weighted by molar-refractivity contribution is 0.0756. The van der Waals surface area contributed by atoms with Gasteiger partial charge in [-0.15, -0.1) is 0 Å². The molecule has 1 saturated heterocycles. The third kappa shape index (κ3) is 2.01. The minimum absolute atomic E-state index is 0.0353. The number of benzene rings is 1. The van der Waals surface area contributed by atoms with Crippen LogP contribution in [0.15, 0.2) is 53.4 Å². The first-order chi connectivity index (χ1) is 10.3. The largest absolute Gasteiger partial charge is 0.459 e. The minimum atomic E-state index is -0.0353. The summed E-state index contributed by atoms with van der Waals surface area (Å²) < 4.78 is 7.36. The highest BCUT2D eigenvalue weighted by Gasteiger charge is 2.29. The van der Waals surface area contributed by atoms with E-state index in [1.54, 1.807) is 12.1 Å². The lowest BCUT2D eigenvalue weighted by Gasteiger charge is -2.16. The number of likely N-dealkylation sites (tertiary alicyclic amines) is 1. The van der Waals surface area contributed by atoms with Crippen LogP contribution in [0, 0.1) is 0 Å². The summed E-state index contributed by atoms with van der Waals surface area (Å²) in [6, 6.07) is 11.8.